The number of nitrogens with zero attached hydrogens (tertiary/aromatic N) is 2. The third-order valence-electron chi connectivity index (χ3n) is 1.48. The molecule has 0 N–H and O–H groups in total. The van der Waals surface area contributed by atoms with E-state index in [1.807, 2.05) is 16.8 Å². The molecule has 2 nitrogen and oxygen atoms in total. The van der Waals surface area contributed by atoms with Gasteiger partial charge in [-0.3, -0.25) is 0 Å². The number of hydrogen-bond acceptors (Lipinski definition) is 1. The second-order valence-electron chi connectivity index (χ2n) is 2.24. The Labute approximate surface area is 71.0 Å². The summed E-state index contributed by atoms with van der Waals surface area (Å²) in [7, 11) is 0. The average Bonchev–Trinajstić information content (AvgIpc) is 2.47. The maximum Gasteiger partial charge on any atom is 0.120 e. The third kappa shape index (κ3) is 1.99. The van der Waals surface area contributed by atoms with Gasteiger partial charge in [-0.1, -0.05) is 0 Å². The number of alkyl halides is 1. The monoisotopic (exact) mass is 168 g/mol. The van der Waals surface area contributed by atoms with Gasteiger partial charge in [0.25, 0.3) is 0 Å². The molecule has 1 aromatic heterocycles. The normalized spacial score (nSPS) is 9.45. The maximum atomic E-state index is 8.60. The van der Waals surface area contributed by atoms with Crippen LogP contribution in [0.25, 0.3) is 0 Å². The van der Waals surface area contributed by atoms with Gasteiger partial charge < -0.3 is 4.57 Å². The van der Waals surface area contributed by atoms with Crippen molar-refractivity contribution in [2.75, 3.05) is 5.88 Å². The molecule has 1 rings (SSSR count). The maximum absolute atomic E-state index is 8.60. The van der Waals surface area contributed by atoms with Gasteiger partial charge in [0.2, 0.25) is 0 Å². The minimum absolute atomic E-state index is 0.642. The van der Waals surface area contributed by atoms with Crippen LogP contribution in [0.1, 0.15) is 12.1 Å². The van der Waals surface area contributed by atoms with Crippen LogP contribution < -0.4 is 0 Å². The van der Waals surface area contributed by atoms with Crippen LogP contribution in [-0.2, 0) is 6.54 Å². The molecule has 11 heavy (non-hydrogen) atoms. The van der Waals surface area contributed by atoms with E-state index in [1.165, 1.54) is 0 Å². The zero-order valence-electron chi connectivity index (χ0n) is 6.13. The molecule has 0 aliphatic heterocycles. The highest BCUT2D eigenvalue weighted by Gasteiger charge is 1.96. The smallest absolute Gasteiger partial charge is 0.120 e. The Morgan fingerprint density at radius 2 is 2.45 bits per heavy atom. The molecular weight excluding hydrogens is 160 g/mol. The highest BCUT2D eigenvalue weighted by Crippen LogP contribution is 2.01. The Kier molecular flexibility index (Phi) is 3.00. The molecule has 0 saturated carbocycles. The first kappa shape index (κ1) is 8.16. The lowest BCUT2D eigenvalue weighted by molar-refractivity contribution is 0.679. The highest BCUT2D eigenvalue weighted by molar-refractivity contribution is 6.17. The van der Waals surface area contributed by atoms with Crippen molar-refractivity contribution in [3.05, 3.63) is 24.0 Å². The zero-order valence-corrected chi connectivity index (χ0v) is 6.88. The molecule has 0 aliphatic rings. The van der Waals surface area contributed by atoms with Crippen LogP contribution in [0.15, 0.2) is 18.3 Å². The van der Waals surface area contributed by atoms with Crippen molar-refractivity contribution < 1.29 is 0 Å². The van der Waals surface area contributed by atoms with E-state index < -0.39 is 0 Å². The average molecular weight is 169 g/mol. The van der Waals surface area contributed by atoms with E-state index in [-0.39, 0.29) is 0 Å². The molecule has 0 aromatic carbocycles. The quantitative estimate of drug-likeness (QED) is 0.635. The number of halogens is 1. The van der Waals surface area contributed by atoms with E-state index in [0.717, 1.165) is 13.0 Å². The van der Waals surface area contributed by atoms with Gasteiger partial charge in [0.1, 0.15) is 11.8 Å². The molecule has 0 fully saturated rings. The molecule has 1 heterocycles. The number of rotatable bonds is 3. The largest absolute Gasteiger partial charge is 0.339 e. The SMILES string of the molecule is N#Cc1cccn1CCCCl. The van der Waals surface area contributed by atoms with Crippen LogP contribution in [0.4, 0.5) is 0 Å². The fourth-order valence-electron chi connectivity index (χ4n) is 0.941. The van der Waals surface area contributed by atoms with Crippen molar-refractivity contribution >= 4 is 11.6 Å². The Hall–Kier alpha value is -0.940. The van der Waals surface area contributed by atoms with E-state index in [1.54, 1.807) is 6.07 Å². The van der Waals surface area contributed by atoms with Crippen molar-refractivity contribution in [3.63, 3.8) is 0 Å². The van der Waals surface area contributed by atoms with Gasteiger partial charge in [0.05, 0.1) is 0 Å². The van der Waals surface area contributed by atoms with Gasteiger partial charge >= 0.3 is 0 Å². The van der Waals surface area contributed by atoms with Crippen LogP contribution in [0, 0.1) is 11.3 Å². The van der Waals surface area contributed by atoms with Gasteiger partial charge in [-0.25, -0.2) is 0 Å². The van der Waals surface area contributed by atoms with E-state index in [9.17, 15) is 0 Å². The van der Waals surface area contributed by atoms with E-state index in [0.29, 0.717) is 11.6 Å². The highest BCUT2D eigenvalue weighted by atomic mass is 35.5. The fraction of sp³-hybridized carbons (Fsp3) is 0.375. The van der Waals surface area contributed by atoms with Crippen LogP contribution >= 0.6 is 11.6 Å². The molecule has 58 valence electrons. The summed E-state index contributed by atoms with van der Waals surface area (Å²) >= 11 is 5.52. The summed E-state index contributed by atoms with van der Waals surface area (Å²) < 4.78 is 1.91. The Balaban J connectivity index is 2.63. The number of hydrogen-bond donors (Lipinski definition) is 0. The first-order valence-corrected chi connectivity index (χ1v) is 4.03. The summed E-state index contributed by atoms with van der Waals surface area (Å²) in [6.45, 7) is 0.833. The van der Waals surface area contributed by atoms with Crippen molar-refractivity contribution in [2.24, 2.45) is 0 Å². The number of aryl methyl sites for hydroxylation is 1. The Morgan fingerprint density at radius 3 is 3.09 bits per heavy atom. The van der Waals surface area contributed by atoms with Crippen LogP contribution in [-0.4, -0.2) is 10.4 Å². The van der Waals surface area contributed by atoms with E-state index in [4.69, 9.17) is 16.9 Å². The van der Waals surface area contributed by atoms with Crippen molar-refractivity contribution in [1.29, 1.82) is 5.26 Å². The molecular formula is C8H9ClN2. The standard InChI is InChI=1S/C8H9ClN2/c9-4-2-6-11-5-1-3-8(11)7-10/h1,3,5H,2,4,6H2. The summed E-state index contributed by atoms with van der Waals surface area (Å²) in [5.41, 5.74) is 0.704. The molecule has 0 aliphatic carbocycles. The lowest BCUT2D eigenvalue weighted by Crippen LogP contribution is -1.98. The summed E-state index contributed by atoms with van der Waals surface area (Å²) in [6, 6.07) is 5.77. The lowest BCUT2D eigenvalue weighted by atomic mass is 10.4. The molecule has 1 aromatic rings. The predicted molar refractivity (Wildman–Crippen MR) is 44.5 cm³/mol. The predicted octanol–water partition coefficient (Wildman–Crippen LogP) is 1.99. The van der Waals surface area contributed by atoms with E-state index in [2.05, 4.69) is 6.07 Å². The van der Waals surface area contributed by atoms with Crippen molar-refractivity contribution in [1.82, 2.24) is 4.57 Å². The molecule has 0 bridgehead atoms. The van der Waals surface area contributed by atoms with Crippen molar-refractivity contribution in [3.8, 4) is 6.07 Å². The van der Waals surface area contributed by atoms with Gasteiger partial charge in [0.15, 0.2) is 0 Å². The van der Waals surface area contributed by atoms with Gasteiger partial charge in [-0.15, -0.1) is 11.6 Å². The molecule has 0 amide bonds. The number of nitriles is 1. The minimum Gasteiger partial charge on any atom is -0.339 e. The lowest BCUT2D eigenvalue weighted by Gasteiger charge is -2.00. The first-order chi connectivity index (χ1) is 5.38. The van der Waals surface area contributed by atoms with Crippen molar-refractivity contribution in [2.45, 2.75) is 13.0 Å². The van der Waals surface area contributed by atoms with Crippen LogP contribution in [0.3, 0.4) is 0 Å². The second-order valence-corrected chi connectivity index (χ2v) is 2.62. The van der Waals surface area contributed by atoms with Gasteiger partial charge in [0, 0.05) is 18.6 Å². The fourth-order valence-corrected chi connectivity index (χ4v) is 1.06. The Bertz CT molecular complexity index is 259. The minimum atomic E-state index is 0.642. The molecule has 0 spiro atoms. The molecule has 0 atom stereocenters. The molecule has 0 radical (unpaired) electrons. The second kappa shape index (κ2) is 4.05. The molecule has 0 unspecified atom stereocenters. The number of aromatic nitrogens is 1. The molecule has 0 saturated heterocycles. The summed E-state index contributed by atoms with van der Waals surface area (Å²) in [5.74, 6) is 0.642. The molecule has 3 heteroatoms. The van der Waals surface area contributed by atoms with Gasteiger partial charge in [-0.2, -0.15) is 5.26 Å². The summed E-state index contributed by atoms with van der Waals surface area (Å²) in [6.07, 6.45) is 2.80. The van der Waals surface area contributed by atoms with Crippen LogP contribution in [0.2, 0.25) is 0 Å². The zero-order chi connectivity index (χ0) is 8.10. The third-order valence-corrected chi connectivity index (χ3v) is 1.74. The van der Waals surface area contributed by atoms with Crippen LogP contribution in [0.5, 0.6) is 0 Å². The van der Waals surface area contributed by atoms with Gasteiger partial charge in [-0.05, 0) is 18.6 Å². The first-order valence-electron chi connectivity index (χ1n) is 3.49. The Morgan fingerprint density at radius 1 is 1.64 bits per heavy atom. The summed E-state index contributed by atoms with van der Waals surface area (Å²) in [4.78, 5) is 0. The summed E-state index contributed by atoms with van der Waals surface area (Å²) in [5, 5.41) is 8.60. The topological polar surface area (TPSA) is 28.7 Å². The van der Waals surface area contributed by atoms with E-state index >= 15 is 0 Å².